The van der Waals surface area contributed by atoms with Crippen LogP contribution in [-0.4, -0.2) is 29.5 Å². The van der Waals surface area contributed by atoms with Gasteiger partial charge in [0, 0.05) is 32.4 Å². The number of benzene rings is 1. The van der Waals surface area contributed by atoms with E-state index >= 15 is 0 Å². The smallest absolute Gasteiger partial charge is 0.227 e. The molecular weight excluding hydrogens is 328 g/mol. The molecule has 132 valence electrons. The first-order valence-electron chi connectivity index (χ1n) is 8.35. The molecule has 0 radical (unpaired) electrons. The Bertz CT molecular complexity index is 1030. The lowest BCUT2D eigenvalue weighted by atomic mass is 10.2. The molecule has 0 unspecified atom stereocenters. The molecule has 0 atom stereocenters. The molecule has 0 saturated heterocycles. The summed E-state index contributed by atoms with van der Waals surface area (Å²) in [6.07, 6.45) is 1.76. The number of fused-ring (bicyclic) bond motifs is 1. The van der Waals surface area contributed by atoms with Gasteiger partial charge >= 0.3 is 0 Å². The first-order valence-corrected chi connectivity index (χ1v) is 8.35. The number of hydrogen-bond acceptors (Lipinski definition) is 6. The van der Waals surface area contributed by atoms with Gasteiger partial charge in [-0.25, -0.2) is 0 Å². The average molecular weight is 348 g/mol. The fourth-order valence-corrected chi connectivity index (χ4v) is 2.72. The van der Waals surface area contributed by atoms with Crippen LogP contribution in [0.15, 0.2) is 42.6 Å². The van der Waals surface area contributed by atoms with Crippen LogP contribution in [0.2, 0.25) is 0 Å². The van der Waals surface area contributed by atoms with Crippen molar-refractivity contribution in [3.05, 3.63) is 53.9 Å². The van der Waals surface area contributed by atoms with E-state index in [2.05, 4.69) is 42.9 Å². The molecular formula is C18H20N8. The Morgan fingerprint density at radius 3 is 2.58 bits per heavy atom. The molecule has 26 heavy (non-hydrogen) atoms. The molecule has 0 saturated carbocycles. The molecule has 4 rings (SSSR count). The summed E-state index contributed by atoms with van der Waals surface area (Å²) in [5.74, 6) is 1.96. The van der Waals surface area contributed by atoms with E-state index in [-0.39, 0.29) is 0 Å². The minimum atomic E-state index is 0.542. The van der Waals surface area contributed by atoms with E-state index in [1.807, 2.05) is 50.0 Å². The summed E-state index contributed by atoms with van der Waals surface area (Å²) in [7, 11) is 3.78. The first-order chi connectivity index (χ1) is 12.6. The molecule has 0 aliphatic rings. The van der Waals surface area contributed by atoms with Crippen molar-refractivity contribution in [2.75, 3.05) is 10.6 Å². The lowest BCUT2D eigenvalue weighted by Gasteiger charge is -2.09. The van der Waals surface area contributed by atoms with Crippen molar-refractivity contribution in [3.63, 3.8) is 0 Å². The van der Waals surface area contributed by atoms with Gasteiger partial charge in [0.05, 0.1) is 11.6 Å². The third-order valence-corrected chi connectivity index (χ3v) is 4.25. The third kappa shape index (κ3) is 3.08. The van der Waals surface area contributed by atoms with Crippen LogP contribution in [0.4, 0.5) is 17.6 Å². The van der Waals surface area contributed by atoms with Crippen molar-refractivity contribution in [1.29, 1.82) is 0 Å². The fourth-order valence-electron chi connectivity index (χ4n) is 2.72. The first kappa shape index (κ1) is 16.1. The summed E-state index contributed by atoms with van der Waals surface area (Å²) >= 11 is 0. The molecule has 8 nitrogen and oxygen atoms in total. The molecule has 3 heterocycles. The number of anilines is 3. The summed E-state index contributed by atoms with van der Waals surface area (Å²) < 4.78 is 3.55. The lowest BCUT2D eigenvalue weighted by Crippen LogP contribution is -2.07. The van der Waals surface area contributed by atoms with E-state index in [9.17, 15) is 0 Å². The fraction of sp³-hybridized carbons (Fsp3) is 0.222. The molecule has 0 aliphatic carbocycles. The molecule has 0 aliphatic heterocycles. The van der Waals surface area contributed by atoms with E-state index in [4.69, 9.17) is 0 Å². The Kier molecular flexibility index (Phi) is 4.00. The van der Waals surface area contributed by atoms with Gasteiger partial charge in [-0.1, -0.05) is 30.3 Å². The van der Waals surface area contributed by atoms with Gasteiger partial charge < -0.3 is 10.6 Å². The van der Waals surface area contributed by atoms with Gasteiger partial charge in [0.1, 0.15) is 5.82 Å². The van der Waals surface area contributed by atoms with Crippen LogP contribution in [-0.2, 0) is 20.6 Å². The average Bonchev–Trinajstić information content (AvgIpc) is 3.17. The molecule has 0 fully saturated rings. The van der Waals surface area contributed by atoms with E-state index in [0.717, 1.165) is 28.1 Å². The van der Waals surface area contributed by atoms with Crippen LogP contribution in [0.1, 0.15) is 11.3 Å². The highest BCUT2D eigenvalue weighted by atomic mass is 15.3. The number of hydrogen-bond donors (Lipinski definition) is 2. The number of aromatic nitrogens is 6. The minimum absolute atomic E-state index is 0.542. The van der Waals surface area contributed by atoms with Gasteiger partial charge in [0.2, 0.25) is 5.95 Å². The van der Waals surface area contributed by atoms with E-state index in [1.165, 1.54) is 0 Å². The maximum atomic E-state index is 4.63. The highest BCUT2D eigenvalue weighted by Crippen LogP contribution is 2.24. The second-order valence-electron chi connectivity index (χ2n) is 6.16. The van der Waals surface area contributed by atoms with Crippen LogP contribution in [0.5, 0.6) is 0 Å². The summed E-state index contributed by atoms with van der Waals surface area (Å²) in [5.41, 5.74) is 2.98. The Morgan fingerprint density at radius 2 is 1.85 bits per heavy atom. The zero-order valence-corrected chi connectivity index (χ0v) is 14.9. The van der Waals surface area contributed by atoms with Gasteiger partial charge in [0.15, 0.2) is 11.5 Å². The Labute approximate surface area is 150 Å². The second kappa shape index (κ2) is 6.47. The van der Waals surface area contributed by atoms with Crippen LogP contribution < -0.4 is 10.6 Å². The van der Waals surface area contributed by atoms with E-state index in [1.54, 1.807) is 10.9 Å². The van der Waals surface area contributed by atoms with Crippen LogP contribution >= 0.6 is 0 Å². The Morgan fingerprint density at radius 1 is 1.04 bits per heavy atom. The van der Waals surface area contributed by atoms with Crippen molar-refractivity contribution in [1.82, 2.24) is 29.5 Å². The molecule has 8 heteroatoms. The minimum Gasteiger partial charge on any atom is -0.350 e. The van der Waals surface area contributed by atoms with Gasteiger partial charge in [-0.15, -0.1) is 0 Å². The van der Waals surface area contributed by atoms with Gasteiger partial charge in [-0.2, -0.15) is 20.2 Å². The number of aryl methyl sites for hydroxylation is 3. The molecule has 4 aromatic rings. The summed E-state index contributed by atoms with van der Waals surface area (Å²) in [6, 6.07) is 12.1. The number of nitrogens with zero attached hydrogens (tertiary/aromatic N) is 6. The van der Waals surface area contributed by atoms with Crippen molar-refractivity contribution < 1.29 is 0 Å². The monoisotopic (exact) mass is 348 g/mol. The van der Waals surface area contributed by atoms with Crippen LogP contribution in [0.3, 0.4) is 0 Å². The van der Waals surface area contributed by atoms with Crippen molar-refractivity contribution in [2.24, 2.45) is 14.1 Å². The summed E-state index contributed by atoms with van der Waals surface area (Å²) in [6.45, 7) is 2.65. The predicted octanol–water partition coefficient (Wildman–Crippen LogP) is 2.76. The highest BCUT2D eigenvalue weighted by molar-refractivity contribution is 5.89. The molecule has 1 aromatic carbocycles. The SMILES string of the molecule is Cc1cc(Nc2nc(NCc3ccccc3)nc3c2cnn3C)nn1C. The van der Waals surface area contributed by atoms with Crippen molar-refractivity contribution in [2.45, 2.75) is 13.5 Å². The summed E-state index contributed by atoms with van der Waals surface area (Å²) in [5, 5.41) is 16.2. The lowest BCUT2D eigenvalue weighted by molar-refractivity contribution is 0.743. The number of nitrogens with one attached hydrogen (secondary N) is 2. The maximum absolute atomic E-state index is 4.63. The van der Waals surface area contributed by atoms with Crippen LogP contribution in [0.25, 0.3) is 11.0 Å². The zero-order valence-electron chi connectivity index (χ0n) is 14.9. The third-order valence-electron chi connectivity index (χ3n) is 4.25. The van der Waals surface area contributed by atoms with Crippen molar-refractivity contribution >= 4 is 28.6 Å². The molecule has 3 aromatic heterocycles. The normalized spacial score (nSPS) is 11.0. The quantitative estimate of drug-likeness (QED) is 0.577. The predicted molar refractivity (Wildman–Crippen MR) is 101 cm³/mol. The molecule has 0 amide bonds. The molecule has 2 N–H and O–H groups in total. The van der Waals surface area contributed by atoms with Gasteiger partial charge in [-0.3, -0.25) is 9.36 Å². The zero-order chi connectivity index (χ0) is 18.1. The Balaban J connectivity index is 1.67. The Hall–Kier alpha value is -3.42. The standard InChI is InChI=1S/C18H20N8/c1-12-9-15(24-25(12)2)21-16-14-11-20-26(3)17(14)23-18(22-16)19-10-13-7-5-4-6-8-13/h4-9,11H,10H2,1-3H3,(H2,19,21,22,23,24). The van der Waals surface area contributed by atoms with Gasteiger partial charge in [-0.05, 0) is 12.5 Å². The summed E-state index contributed by atoms with van der Waals surface area (Å²) in [4.78, 5) is 9.22. The molecule has 0 bridgehead atoms. The highest BCUT2D eigenvalue weighted by Gasteiger charge is 2.13. The van der Waals surface area contributed by atoms with E-state index in [0.29, 0.717) is 18.3 Å². The van der Waals surface area contributed by atoms with Gasteiger partial charge in [0.25, 0.3) is 0 Å². The topological polar surface area (TPSA) is 85.5 Å². The maximum Gasteiger partial charge on any atom is 0.227 e. The van der Waals surface area contributed by atoms with Crippen LogP contribution in [0, 0.1) is 6.92 Å². The largest absolute Gasteiger partial charge is 0.350 e. The molecule has 0 spiro atoms. The van der Waals surface area contributed by atoms with E-state index < -0.39 is 0 Å². The second-order valence-corrected chi connectivity index (χ2v) is 6.16. The van der Waals surface area contributed by atoms with Crippen molar-refractivity contribution in [3.8, 4) is 0 Å². The number of rotatable bonds is 5.